The number of nitrogens with one attached hydrogen (secondary N) is 2. The molecule has 0 radical (unpaired) electrons. The summed E-state index contributed by atoms with van der Waals surface area (Å²) in [4.78, 5) is 12.0. The minimum absolute atomic E-state index is 0.183. The lowest BCUT2D eigenvalue weighted by Gasteiger charge is -2.16. The predicted octanol–water partition coefficient (Wildman–Crippen LogP) is 2.48. The second-order valence-electron chi connectivity index (χ2n) is 5.64. The molecule has 0 aliphatic carbocycles. The molecule has 1 aromatic carbocycles. The Morgan fingerprint density at radius 1 is 1.46 bits per heavy atom. The van der Waals surface area contributed by atoms with E-state index in [0.717, 1.165) is 11.3 Å². The van der Waals surface area contributed by atoms with E-state index in [9.17, 15) is 9.18 Å². The van der Waals surface area contributed by atoms with Gasteiger partial charge in [0, 0.05) is 19.3 Å². The summed E-state index contributed by atoms with van der Waals surface area (Å²) < 4.78 is 20.4. The van der Waals surface area contributed by atoms with Crippen molar-refractivity contribution in [2.45, 2.75) is 26.3 Å². The van der Waals surface area contributed by atoms with Gasteiger partial charge in [-0.2, -0.15) is 5.10 Å². The Hall–Kier alpha value is -2.57. The number of nitrogens with zero attached hydrogens (tertiary/aromatic N) is 2. The molecule has 0 aliphatic heterocycles. The molecule has 7 heteroatoms. The lowest BCUT2D eigenvalue weighted by Crippen LogP contribution is -2.38. The molecule has 0 fully saturated rings. The number of rotatable bonds is 6. The van der Waals surface area contributed by atoms with Crippen LogP contribution in [0.2, 0.25) is 0 Å². The highest BCUT2D eigenvalue weighted by atomic mass is 19.1. The molecule has 24 heavy (non-hydrogen) atoms. The van der Waals surface area contributed by atoms with E-state index >= 15 is 0 Å². The standard InChI is InChI=1S/C17H23FN4O2/c1-11(13-5-6-16(24-4)15(18)9-13)21-17(23)19-8-7-14-10-20-22(3)12(14)2/h5-6,9-11H,7-8H2,1-4H3,(H2,19,21,23)/t11-/m0/s1. The summed E-state index contributed by atoms with van der Waals surface area (Å²) in [5.74, 6) is -0.265. The molecule has 0 saturated heterocycles. The van der Waals surface area contributed by atoms with Crippen LogP contribution in [0.3, 0.4) is 0 Å². The van der Waals surface area contributed by atoms with Crippen LogP contribution in [0.1, 0.15) is 29.8 Å². The fourth-order valence-corrected chi connectivity index (χ4v) is 2.38. The average Bonchev–Trinajstić information content (AvgIpc) is 2.86. The Morgan fingerprint density at radius 3 is 2.79 bits per heavy atom. The number of hydrogen-bond donors (Lipinski definition) is 2. The van der Waals surface area contributed by atoms with Crippen molar-refractivity contribution in [1.29, 1.82) is 0 Å². The van der Waals surface area contributed by atoms with E-state index in [1.807, 2.05) is 14.0 Å². The Bertz CT molecular complexity index is 715. The molecule has 6 nitrogen and oxygen atoms in total. The maximum atomic E-state index is 13.7. The van der Waals surface area contributed by atoms with Crippen LogP contribution in [0, 0.1) is 12.7 Å². The monoisotopic (exact) mass is 334 g/mol. The van der Waals surface area contributed by atoms with Gasteiger partial charge in [-0.25, -0.2) is 9.18 Å². The molecular weight excluding hydrogens is 311 g/mol. The molecule has 1 heterocycles. The van der Waals surface area contributed by atoms with Crippen LogP contribution in [0.5, 0.6) is 5.75 Å². The molecule has 130 valence electrons. The van der Waals surface area contributed by atoms with Gasteiger partial charge in [0.2, 0.25) is 0 Å². The molecule has 2 aromatic rings. The zero-order valence-electron chi connectivity index (χ0n) is 14.4. The molecule has 1 atom stereocenters. The summed E-state index contributed by atoms with van der Waals surface area (Å²) in [6, 6.07) is 4.03. The quantitative estimate of drug-likeness (QED) is 0.853. The SMILES string of the molecule is COc1ccc([C@H](C)NC(=O)NCCc2cnn(C)c2C)cc1F. The number of carbonyl (C=O) groups is 1. The first-order chi connectivity index (χ1) is 11.4. The van der Waals surface area contributed by atoms with Crippen molar-refractivity contribution in [1.82, 2.24) is 20.4 Å². The lowest BCUT2D eigenvalue weighted by atomic mass is 10.1. The summed E-state index contributed by atoms with van der Waals surface area (Å²) in [6.45, 7) is 4.29. The fourth-order valence-electron chi connectivity index (χ4n) is 2.38. The number of aryl methyl sites for hydroxylation is 1. The number of hydrogen-bond acceptors (Lipinski definition) is 3. The first-order valence-electron chi connectivity index (χ1n) is 7.77. The van der Waals surface area contributed by atoms with E-state index in [0.29, 0.717) is 18.5 Å². The highest BCUT2D eigenvalue weighted by Gasteiger charge is 2.12. The minimum Gasteiger partial charge on any atom is -0.494 e. The van der Waals surface area contributed by atoms with Crippen molar-refractivity contribution in [3.8, 4) is 5.75 Å². The Kier molecular flexibility index (Phi) is 5.78. The van der Waals surface area contributed by atoms with Crippen LogP contribution >= 0.6 is 0 Å². The van der Waals surface area contributed by atoms with Gasteiger partial charge >= 0.3 is 6.03 Å². The van der Waals surface area contributed by atoms with Crippen molar-refractivity contribution >= 4 is 6.03 Å². The van der Waals surface area contributed by atoms with Crippen LogP contribution in [-0.4, -0.2) is 29.5 Å². The number of methoxy groups -OCH3 is 1. The first kappa shape index (κ1) is 17.8. The summed E-state index contributed by atoms with van der Waals surface area (Å²) in [6.07, 6.45) is 2.51. The zero-order valence-corrected chi connectivity index (χ0v) is 14.4. The van der Waals surface area contributed by atoms with Crippen LogP contribution < -0.4 is 15.4 Å². The van der Waals surface area contributed by atoms with Gasteiger partial charge < -0.3 is 15.4 Å². The molecule has 0 spiro atoms. The minimum atomic E-state index is -0.448. The number of urea groups is 1. The van der Waals surface area contributed by atoms with E-state index in [1.165, 1.54) is 13.2 Å². The van der Waals surface area contributed by atoms with Gasteiger partial charge in [-0.05, 0) is 43.5 Å². The van der Waals surface area contributed by atoms with Crippen LogP contribution in [0.25, 0.3) is 0 Å². The van der Waals surface area contributed by atoms with E-state index in [2.05, 4.69) is 15.7 Å². The third-order valence-corrected chi connectivity index (χ3v) is 4.04. The van der Waals surface area contributed by atoms with Crippen molar-refractivity contribution in [3.05, 3.63) is 47.0 Å². The summed E-state index contributed by atoms with van der Waals surface area (Å²) in [5.41, 5.74) is 2.86. The predicted molar refractivity (Wildman–Crippen MR) is 89.6 cm³/mol. The van der Waals surface area contributed by atoms with Gasteiger partial charge in [0.25, 0.3) is 0 Å². The Balaban J connectivity index is 1.83. The van der Waals surface area contributed by atoms with E-state index < -0.39 is 5.82 Å². The normalized spacial score (nSPS) is 11.9. The Morgan fingerprint density at radius 2 is 2.21 bits per heavy atom. The molecule has 0 aliphatic rings. The molecule has 2 N–H and O–H groups in total. The molecule has 0 bridgehead atoms. The number of carbonyl (C=O) groups excluding carboxylic acids is 1. The van der Waals surface area contributed by atoms with E-state index in [-0.39, 0.29) is 17.8 Å². The highest BCUT2D eigenvalue weighted by Crippen LogP contribution is 2.21. The topological polar surface area (TPSA) is 68.2 Å². The Labute approximate surface area is 141 Å². The smallest absolute Gasteiger partial charge is 0.315 e. The largest absolute Gasteiger partial charge is 0.494 e. The van der Waals surface area contributed by atoms with Gasteiger partial charge in [0.1, 0.15) is 0 Å². The van der Waals surface area contributed by atoms with Crippen LogP contribution in [-0.2, 0) is 13.5 Å². The van der Waals surface area contributed by atoms with Gasteiger partial charge in [-0.3, -0.25) is 4.68 Å². The fraction of sp³-hybridized carbons (Fsp3) is 0.412. The number of amides is 2. The van der Waals surface area contributed by atoms with Crippen molar-refractivity contribution in [2.24, 2.45) is 7.05 Å². The maximum Gasteiger partial charge on any atom is 0.315 e. The third-order valence-electron chi connectivity index (χ3n) is 4.04. The molecule has 2 rings (SSSR count). The third kappa shape index (κ3) is 4.24. The van der Waals surface area contributed by atoms with Gasteiger partial charge in [-0.1, -0.05) is 6.07 Å². The number of benzene rings is 1. The number of halogens is 1. The van der Waals surface area contributed by atoms with E-state index in [1.54, 1.807) is 29.9 Å². The van der Waals surface area contributed by atoms with Crippen molar-refractivity contribution < 1.29 is 13.9 Å². The van der Waals surface area contributed by atoms with Crippen molar-refractivity contribution in [2.75, 3.05) is 13.7 Å². The first-order valence-corrected chi connectivity index (χ1v) is 7.77. The summed E-state index contributed by atoms with van der Waals surface area (Å²) >= 11 is 0. The average molecular weight is 334 g/mol. The molecule has 0 unspecified atom stereocenters. The van der Waals surface area contributed by atoms with Crippen molar-refractivity contribution in [3.63, 3.8) is 0 Å². The lowest BCUT2D eigenvalue weighted by molar-refractivity contribution is 0.238. The zero-order chi connectivity index (χ0) is 17.7. The van der Waals surface area contributed by atoms with Crippen LogP contribution in [0.4, 0.5) is 9.18 Å². The second kappa shape index (κ2) is 7.81. The van der Waals surface area contributed by atoms with Gasteiger partial charge in [0.15, 0.2) is 11.6 Å². The van der Waals surface area contributed by atoms with Gasteiger partial charge in [0.05, 0.1) is 19.3 Å². The maximum absolute atomic E-state index is 13.7. The molecule has 1 aromatic heterocycles. The number of aromatic nitrogens is 2. The number of ether oxygens (including phenoxy) is 1. The summed E-state index contributed by atoms with van der Waals surface area (Å²) in [5, 5.41) is 9.76. The molecular formula is C17H23FN4O2. The molecule has 2 amide bonds. The van der Waals surface area contributed by atoms with Crippen LogP contribution in [0.15, 0.2) is 24.4 Å². The van der Waals surface area contributed by atoms with E-state index in [4.69, 9.17) is 4.74 Å². The van der Waals surface area contributed by atoms with Gasteiger partial charge in [-0.15, -0.1) is 0 Å². The molecule has 0 saturated carbocycles. The second-order valence-corrected chi connectivity index (χ2v) is 5.64. The summed E-state index contributed by atoms with van der Waals surface area (Å²) in [7, 11) is 3.30. The highest BCUT2D eigenvalue weighted by molar-refractivity contribution is 5.74.